The molecule has 7 atom stereocenters. The zero-order valence-corrected chi connectivity index (χ0v) is 16.4. The third-order valence-corrected chi connectivity index (χ3v) is 6.68. The van der Waals surface area contributed by atoms with Crippen LogP contribution in [0.15, 0.2) is 12.2 Å². The normalized spacial score (nSPS) is 33.2. The Morgan fingerprint density at radius 1 is 1.37 bits per heavy atom. The van der Waals surface area contributed by atoms with Crippen molar-refractivity contribution >= 4 is 28.0 Å². The highest BCUT2D eigenvalue weighted by Gasteiger charge is 2.70. The van der Waals surface area contributed by atoms with Crippen molar-refractivity contribution in [1.82, 2.24) is 0 Å². The van der Waals surface area contributed by atoms with E-state index in [1.54, 1.807) is 0 Å². The molecule has 0 aromatic heterocycles. The molecule has 0 amide bonds. The van der Waals surface area contributed by atoms with Crippen LogP contribution in [-0.2, 0) is 38.7 Å². The molecule has 0 aromatic rings. The van der Waals surface area contributed by atoms with E-state index in [2.05, 4.69) is 6.58 Å². The van der Waals surface area contributed by atoms with Crippen molar-refractivity contribution in [2.45, 2.75) is 43.4 Å². The summed E-state index contributed by atoms with van der Waals surface area (Å²) in [5, 5.41) is -5.06. The number of rotatable bonds is 8. The molecule has 2 bridgehead atoms. The van der Waals surface area contributed by atoms with Gasteiger partial charge in [-0.3, -0.25) is 14.1 Å². The van der Waals surface area contributed by atoms with Crippen molar-refractivity contribution in [2.75, 3.05) is 6.61 Å². The van der Waals surface area contributed by atoms with Crippen LogP contribution in [0.25, 0.3) is 0 Å². The minimum atomic E-state index is -5.98. The van der Waals surface area contributed by atoms with Gasteiger partial charge in [0.1, 0.15) is 12.2 Å². The quantitative estimate of drug-likeness (QED) is 0.246. The van der Waals surface area contributed by atoms with Gasteiger partial charge in [-0.1, -0.05) is 6.58 Å². The van der Waals surface area contributed by atoms with Crippen molar-refractivity contribution in [1.29, 1.82) is 0 Å². The minimum Gasteiger partial charge on any atom is -0.465 e. The van der Waals surface area contributed by atoms with Gasteiger partial charge in [0.05, 0.1) is 18.4 Å². The predicted octanol–water partition coefficient (Wildman–Crippen LogP) is 1.03. The summed E-state index contributed by atoms with van der Waals surface area (Å²) in [7, 11) is -5.98. The first-order valence-electron chi connectivity index (χ1n) is 9.00. The zero-order valence-electron chi connectivity index (χ0n) is 15.6. The molecule has 1 aliphatic heterocycles. The highest BCUT2D eigenvalue weighted by Crippen LogP contribution is 2.59. The number of halogens is 3. The molecule has 0 aromatic carbocycles. The standard InChI is InChI=1S/C17H19F3O9S/c1-6(2)14(21)28-12-7-5-8-11(16(23)29-13(8)12)10(7)15(22)27-4-3-9(18)17(19,20)30(24,25)26/h7-13H,1,3-5H2,2H3,(H,24,25,26). The van der Waals surface area contributed by atoms with Gasteiger partial charge in [0, 0.05) is 23.8 Å². The van der Waals surface area contributed by atoms with Crippen LogP contribution in [0.1, 0.15) is 19.8 Å². The van der Waals surface area contributed by atoms with E-state index in [1.807, 2.05) is 0 Å². The second kappa shape index (κ2) is 7.52. The summed E-state index contributed by atoms with van der Waals surface area (Å²) in [5.41, 5.74) is 0.103. The molecule has 3 aliphatic rings. The fraction of sp³-hybridized carbons (Fsp3) is 0.706. The van der Waals surface area contributed by atoms with E-state index in [9.17, 15) is 36.0 Å². The summed E-state index contributed by atoms with van der Waals surface area (Å²) in [6, 6.07) is 0. The van der Waals surface area contributed by atoms with E-state index in [0.717, 1.165) is 0 Å². The summed E-state index contributed by atoms with van der Waals surface area (Å²) in [4.78, 5) is 36.5. The summed E-state index contributed by atoms with van der Waals surface area (Å²) in [5.74, 6) is -5.34. The molecular formula is C17H19F3O9S. The maximum atomic E-state index is 13.5. The Labute approximate surface area is 169 Å². The second-order valence-corrected chi connectivity index (χ2v) is 9.12. The number of hydrogen-bond acceptors (Lipinski definition) is 8. The number of esters is 3. The van der Waals surface area contributed by atoms with Gasteiger partial charge < -0.3 is 14.2 Å². The topological polar surface area (TPSA) is 133 Å². The maximum Gasteiger partial charge on any atom is 0.400 e. The minimum absolute atomic E-state index is 0.103. The van der Waals surface area contributed by atoms with Crippen molar-refractivity contribution in [3.63, 3.8) is 0 Å². The molecule has 1 saturated heterocycles. The molecule has 1 heterocycles. The van der Waals surface area contributed by atoms with E-state index in [-0.39, 0.29) is 11.5 Å². The molecular weight excluding hydrogens is 437 g/mol. The average molecular weight is 456 g/mol. The molecule has 2 aliphatic carbocycles. The molecule has 1 N–H and O–H groups in total. The lowest BCUT2D eigenvalue weighted by molar-refractivity contribution is -0.163. The Balaban J connectivity index is 1.65. The van der Waals surface area contributed by atoms with E-state index in [1.165, 1.54) is 6.92 Å². The molecule has 0 spiro atoms. The first kappa shape index (κ1) is 22.5. The summed E-state index contributed by atoms with van der Waals surface area (Å²) in [6.07, 6.45) is -5.79. The van der Waals surface area contributed by atoms with Gasteiger partial charge in [-0.15, -0.1) is 0 Å². The number of alkyl halides is 3. The Hall–Kier alpha value is -2.15. The van der Waals surface area contributed by atoms with E-state index < -0.39 is 82.4 Å². The van der Waals surface area contributed by atoms with Crippen molar-refractivity contribution in [2.24, 2.45) is 23.7 Å². The molecule has 0 radical (unpaired) electrons. The monoisotopic (exact) mass is 456 g/mol. The fourth-order valence-corrected chi connectivity index (χ4v) is 4.82. The van der Waals surface area contributed by atoms with Gasteiger partial charge in [0.2, 0.25) is 0 Å². The van der Waals surface area contributed by atoms with E-state index >= 15 is 0 Å². The Kier molecular flexibility index (Phi) is 5.65. The van der Waals surface area contributed by atoms with Gasteiger partial charge in [0.25, 0.3) is 0 Å². The maximum absolute atomic E-state index is 13.5. The zero-order chi connectivity index (χ0) is 22.6. The van der Waals surface area contributed by atoms with Crippen LogP contribution < -0.4 is 0 Å². The number of hydrogen-bond donors (Lipinski definition) is 1. The molecule has 7 unspecified atom stereocenters. The first-order chi connectivity index (χ1) is 13.8. The lowest BCUT2D eigenvalue weighted by Crippen LogP contribution is -2.44. The summed E-state index contributed by atoms with van der Waals surface area (Å²) < 4.78 is 84.8. The van der Waals surface area contributed by atoms with Crippen LogP contribution in [-0.4, -0.2) is 61.1 Å². The third kappa shape index (κ3) is 3.57. The highest BCUT2D eigenvalue weighted by molar-refractivity contribution is 7.86. The predicted molar refractivity (Wildman–Crippen MR) is 90.1 cm³/mol. The van der Waals surface area contributed by atoms with Crippen LogP contribution >= 0.6 is 0 Å². The lowest BCUT2D eigenvalue weighted by Gasteiger charge is -2.30. The third-order valence-electron chi connectivity index (χ3n) is 5.73. The van der Waals surface area contributed by atoms with Gasteiger partial charge in [-0.25, -0.2) is 9.18 Å². The van der Waals surface area contributed by atoms with Crippen LogP contribution in [0.3, 0.4) is 0 Å². The van der Waals surface area contributed by atoms with Gasteiger partial charge in [0.15, 0.2) is 6.17 Å². The Morgan fingerprint density at radius 2 is 2.00 bits per heavy atom. The number of carbonyl (C=O) groups is 3. The molecule has 30 heavy (non-hydrogen) atoms. The number of carbonyl (C=O) groups excluding carboxylic acids is 3. The average Bonchev–Trinajstić information content (AvgIpc) is 3.23. The van der Waals surface area contributed by atoms with Crippen molar-refractivity contribution in [3.05, 3.63) is 12.2 Å². The molecule has 2 saturated carbocycles. The lowest BCUT2D eigenvalue weighted by atomic mass is 9.78. The van der Waals surface area contributed by atoms with E-state index in [4.69, 9.17) is 18.8 Å². The summed E-state index contributed by atoms with van der Waals surface area (Å²) >= 11 is 0. The molecule has 168 valence electrons. The van der Waals surface area contributed by atoms with Crippen molar-refractivity contribution in [3.8, 4) is 0 Å². The fourth-order valence-electron chi connectivity index (χ4n) is 4.38. The van der Waals surface area contributed by atoms with Crippen LogP contribution in [0.5, 0.6) is 0 Å². The molecule has 3 fully saturated rings. The number of fused-ring (bicyclic) bond motifs is 1. The van der Waals surface area contributed by atoms with Crippen LogP contribution in [0.2, 0.25) is 0 Å². The highest BCUT2D eigenvalue weighted by atomic mass is 32.2. The van der Waals surface area contributed by atoms with Gasteiger partial charge in [-0.05, 0) is 13.3 Å². The number of ether oxygens (including phenoxy) is 3. The van der Waals surface area contributed by atoms with Crippen LogP contribution in [0.4, 0.5) is 13.2 Å². The SMILES string of the molecule is C=C(C)C(=O)OC1C2CC3C1OC(=O)C3C2C(=O)OCCC(F)C(F)(F)S(=O)(=O)O. The summed E-state index contributed by atoms with van der Waals surface area (Å²) in [6.45, 7) is 3.95. The van der Waals surface area contributed by atoms with Gasteiger partial charge >= 0.3 is 33.3 Å². The molecule has 3 rings (SSSR count). The Morgan fingerprint density at radius 3 is 2.57 bits per heavy atom. The first-order valence-corrected chi connectivity index (χ1v) is 10.4. The molecule has 9 nitrogen and oxygen atoms in total. The van der Waals surface area contributed by atoms with Gasteiger partial charge in [-0.2, -0.15) is 17.2 Å². The second-order valence-electron chi connectivity index (χ2n) is 7.63. The van der Waals surface area contributed by atoms with Crippen LogP contribution in [0, 0.1) is 23.7 Å². The van der Waals surface area contributed by atoms with Crippen molar-refractivity contribution < 1.29 is 54.7 Å². The smallest absolute Gasteiger partial charge is 0.400 e. The largest absolute Gasteiger partial charge is 0.465 e. The Bertz CT molecular complexity index is 887. The van der Waals surface area contributed by atoms with E-state index in [0.29, 0.717) is 6.42 Å². The molecule has 13 heteroatoms.